The number of hydroxylamine groups is 2. The summed E-state index contributed by atoms with van der Waals surface area (Å²) < 4.78 is 0. The van der Waals surface area contributed by atoms with E-state index >= 15 is 0 Å². The first kappa shape index (κ1) is 9.39. The molecule has 0 aromatic carbocycles. The van der Waals surface area contributed by atoms with E-state index in [-0.39, 0.29) is 5.91 Å². The Labute approximate surface area is 61.3 Å². The molecule has 4 nitrogen and oxygen atoms in total. The molecule has 0 atom stereocenters. The molecule has 60 valence electrons. The van der Waals surface area contributed by atoms with E-state index in [9.17, 15) is 4.79 Å². The Balaban J connectivity index is 3.57. The van der Waals surface area contributed by atoms with Crippen molar-refractivity contribution in [3.8, 4) is 0 Å². The Kier molecular flexibility index (Phi) is 3.99. The normalized spacial score (nSPS) is 10.1. The van der Waals surface area contributed by atoms with Crippen LogP contribution in [0, 0.1) is 0 Å². The smallest absolute Gasteiger partial charge is 0.238 e. The van der Waals surface area contributed by atoms with Gasteiger partial charge in [0, 0.05) is 21.1 Å². The second kappa shape index (κ2) is 4.24. The Hall–Kier alpha value is -0.610. The molecule has 0 N–H and O–H groups in total. The molecule has 4 heteroatoms. The summed E-state index contributed by atoms with van der Waals surface area (Å²) in [5.41, 5.74) is 0. The summed E-state index contributed by atoms with van der Waals surface area (Å²) in [4.78, 5) is 17.2. The van der Waals surface area contributed by atoms with E-state index in [1.165, 1.54) is 17.1 Å². The average molecular weight is 146 g/mol. The number of carbonyl (C=O) groups is 1. The average Bonchev–Trinajstić information content (AvgIpc) is 1.87. The maximum absolute atomic E-state index is 10.9. The molecule has 0 aliphatic rings. The Morgan fingerprint density at radius 2 is 1.90 bits per heavy atom. The maximum Gasteiger partial charge on any atom is 0.238 e. The van der Waals surface area contributed by atoms with Crippen molar-refractivity contribution in [3.63, 3.8) is 0 Å². The van der Waals surface area contributed by atoms with Gasteiger partial charge < -0.3 is 9.74 Å². The van der Waals surface area contributed by atoms with Crippen molar-refractivity contribution in [2.75, 3.05) is 34.8 Å². The zero-order chi connectivity index (χ0) is 8.15. The molecule has 0 aliphatic carbocycles. The summed E-state index contributed by atoms with van der Waals surface area (Å²) in [5, 5.41) is 1.47. The van der Waals surface area contributed by atoms with Crippen molar-refractivity contribution in [3.05, 3.63) is 0 Å². The Morgan fingerprint density at radius 3 is 2.20 bits per heavy atom. The van der Waals surface area contributed by atoms with Gasteiger partial charge in [0.1, 0.15) is 6.54 Å². The van der Waals surface area contributed by atoms with E-state index in [1.807, 2.05) is 0 Å². The molecule has 0 spiro atoms. The van der Waals surface area contributed by atoms with Gasteiger partial charge in [-0.3, -0.25) is 4.79 Å². The zero-order valence-electron chi connectivity index (χ0n) is 6.92. The fourth-order valence-electron chi connectivity index (χ4n) is 0.396. The number of carbonyl (C=O) groups excluding carboxylic acids is 1. The molecule has 0 saturated carbocycles. The number of nitrogens with zero attached hydrogens (tertiary/aromatic N) is 2. The largest absolute Gasteiger partial charge is 0.348 e. The van der Waals surface area contributed by atoms with Crippen molar-refractivity contribution in [2.45, 2.75) is 0 Å². The lowest BCUT2D eigenvalue weighted by molar-refractivity contribution is -0.148. The van der Waals surface area contributed by atoms with Gasteiger partial charge in [0.15, 0.2) is 0 Å². The third kappa shape index (κ3) is 3.42. The first-order chi connectivity index (χ1) is 4.57. The predicted molar refractivity (Wildman–Crippen MR) is 38.3 cm³/mol. The van der Waals surface area contributed by atoms with E-state index in [0.29, 0.717) is 6.54 Å². The minimum atomic E-state index is 0.0318. The van der Waals surface area contributed by atoms with Gasteiger partial charge in [-0.25, -0.2) is 0 Å². The first-order valence-corrected chi connectivity index (χ1v) is 3.03. The summed E-state index contributed by atoms with van der Waals surface area (Å²) in [7, 11) is 6.67. The van der Waals surface area contributed by atoms with Gasteiger partial charge >= 0.3 is 0 Å². The molecule has 0 heterocycles. The maximum atomic E-state index is 10.9. The molecule has 0 aliphatic heterocycles. The number of likely N-dealkylation sites (N-methyl/N-ethyl adjacent to an activating group) is 2. The van der Waals surface area contributed by atoms with Crippen LogP contribution in [0.5, 0.6) is 0 Å². The molecule has 10 heavy (non-hydrogen) atoms. The molecule has 0 aromatic rings. The lowest BCUT2D eigenvalue weighted by atomic mass is 10.5. The Bertz CT molecular complexity index is 114. The van der Waals surface area contributed by atoms with Crippen molar-refractivity contribution in [1.82, 2.24) is 9.96 Å². The van der Waals surface area contributed by atoms with Crippen molar-refractivity contribution >= 4 is 5.91 Å². The summed E-state index contributed by atoms with van der Waals surface area (Å²) in [5.74, 6) is 0.0318. The highest BCUT2D eigenvalue weighted by atomic mass is 16.7. The zero-order valence-corrected chi connectivity index (χ0v) is 6.92. The molecule has 1 amide bonds. The van der Waals surface area contributed by atoms with Crippen LogP contribution in [0.25, 0.3) is 0 Å². The summed E-state index contributed by atoms with van der Waals surface area (Å²) in [6, 6.07) is 0. The van der Waals surface area contributed by atoms with Gasteiger partial charge in [-0.1, -0.05) is 0 Å². The van der Waals surface area contributed by atoms with E-state index in [4.69, 9.17) is 4.84 Å². The van der Waals surface area contributed by atoms with E-state index in [1.54, 1.807) is 21.1 Å². The van der Waals surface area contributed by atoms with Crippen LogP contribution in [0.4, 0.5) is 0 Å². The molecule has 0 unspecified atom stereocenters. The highest BCUT2D eigenvalue weighted by Gasteiger charge is 2.06. The predicted octanol–water partition coefficient (Wildman–Crippen LogP) is -0.432. The minimum Gasteiger partial charge on any atom is -0.348 e. The number of hydrogen-bond donors (Lipinski definition) is 0. The standard InChI is InChI=1S/C6H14N2O2/c1-7(2)6(9)5-8(3)10-4/h5H2,1-4H3. The third-order valence-corrected chi connectivity index (χ3v) is 1.17. The highest BCUT2D eigenvalue weighted by molar-refractivity contribution is 5.77. The van der Waals surface area contributed by atoms with Crippen molar-refractivity contribution < 1.29 is 9.63 Å². The summed E-state index contributed by atoms with van der Waals surface area (Å²) >= 11 is 0. The number of rotatable bonds is 3. The second-order valence-electron chi connectivity index (χ2n) is 2.26. The first-order valence-electron chi connectivity index (χ1n) is 3.03. The second-order valence-corrected chi connectivity index (χ2v) is 2.26. The molecule has 0 aromatic heterocycles. The van der Waals surface area contributed by atoms with Gasteiger partial charge in [-0.05, 0) is 0 Å². The van der Waals surface area contributed by atoms with Crippen LogP contribution in [0.3, 0.4) is 0 Å². The van der Waals surface area contributed by atoms with Crippen LogP contribution in [0.1, 0.15) is 0 Å². The van der Waals surface area contributed by atoms with Gasteiger partial charge in [0.2, 0.25) is 5.91 Å². The van der Waals surface area contributed by atoms with Crippen LogP contribution < -0.4 is 0 Å². The van der Waals surface area contributed by atoms with Gasteiger partial charge in [-0.2, -0.15) is 5.06 Å². The number of amides is 1. The van der Waals surface area contributed by atoms with Crippen LogP contribution >= 0.6 is 0 Å². The fourth-order valence-corrected chi connectivity index (χ4v) is 0.396. The topological polar surface area (TPSA) is 32.8 Å². The molecule has 0 rings (SSSR count). The lowest BCUT2D eigenvalue weighted by Crippen LogP contribution is -2.33. The molecule has 0 fully saturated rings. The van der Waals surface area contributed by atoms with E-state index < -0.39 is 0 Å². The van der Waals surface area contributed by atoms with Gasteiger partial charge in [0.05, 0.1) is 7.11 Å². The lowest BCUT2D eigenvalue weighted by Gasteiger charge is -2.15. The summed E-state index contributed by atoms with van der Waals surface area (Å²) in [6.07, 6.45) is 0. The van der Waals surface area contributed by atoms with Gasteiger partial charge in [-0.15, -0.1) is 0 Å². The van der Waals surface area contributed by atoms with Crippen LogP contribution in [-0.2, 0) is 9.63 Å². The fraction of sp³-hybridized carbons (Fsp3) is 0.833. The quantitative estimate of drug-likeness (QED) is 0.506. The highest BCUT2D eigenvalue weighted by Crippen LogP contribution is 1.84. The number of hydrogen-bond acceptors (Lipinski definition) is 3. The van der Waals surface area contributed by atoms with Gasteiger partial charge in [0.25, 0.3) is 0 Å². The third-order valence-electron chi connectivity index (χ3n) is 1.17. The minimum absolute atomic E-state index is 0.0318. The SMILES string of the molecule is CON(C)CC(=O)N(C)C. The van der Waals surface area contributed by atoms with Crippen molar-refractivity contribution in [1.29, 1.82) is 0 Å². The van der Waals surface area contributed by atoms with Crippen LogP contribution in [-0.4, -0.2) is 50.7 Å². The van der Waals surface area contributed by atoms with Crippen LogP contribution in [0.15, 0.2) is 0 Å². The Morgan fingerprint density at radius 1 is 1.40 bits per heavy atom. The van der Waals surface area contributed by atoms with E-state index in [0.717, 1.165) is 0 Å². The van der Waals surface area contributed by atoms with E-state index in [2.05, 4.69) is 0 Å². The molecule has 0 radical (unpaired) electrons. The summed E-state index contributed by atoms with van der Waals surface area (Å²) in [6.45, 7) is 0.295. The monoisotopic (exact) mass is 146 g/mol. The molecule has 0 bridgehead atoms. The molecule has 0 saturated heterocycles. The van der Waals surface area contributed by atoms with Crippen molar-refractivity contribution in [2.24, 2.45) is 0 Å². The molecular formula is C6H14N2O2. The molecular weight excluding hydrogens is 132 g/mol. The van der Waals surface area contributed by atoms with Crippen LogP contribution in [0.2, 0.25) is 0 Å².